The first-order valence-electron chi connectivity index (χ1n) is 5.14. The average Bonchev–Trinajstić information content (AvgIpc) is 2.87. The van der Waals surface area contributed by atoms with Gasteiger partial charge < -0.3 is 0 Å². The normalized spacial score (nSPS) is 12.9. The molecule has 2 aromatic heterocycles. The minimum absolute atomic E-state index is 0.290. The Morgan fingerprint density at radius 1 is 1.56 bits per heavy atom. The van der Waals surface area contributed by atoms with Crippen LogP contribution in [0.25, 0.3) is 0 Å². The number of nitrogens with zero attached hydrogens (tertiary/aromatic N) is 4. The lowest BCUT2D eigenvalue weighted by molar-refractivity contribution is 0.640. The molecule has 4 nitrogen and oxygen atoms in total. The highest BCUT2D eigenvalue weighted by atomic mass is 79.9. The first-order valence-corrected chi connectivity index (χ1v) is 6.93. The van der Waals surface area contributed by atoms with Crippen molar-refractivity contribution in [2.24, 2.45) is 0 Å². The summed E-state index contributed by atoms with van der Waals surface area (Å²) in [7, 11) is 0. The minimum atomic E-state index is 0.290. The second kappa shape index (κ2) is 5.05. The number of rotatable bonds is 4. The summed E-state index contributed by atoms with van der Waals surface area (Å²) in [4.78, 5) is 4.69. The Labute approximate surface area is 107 Å². The molecular weight excluding hydrogens is 288 g/mol. The van der Waals surface area contributed by atoms with Crippen molar-refractivity contribution >= 4 is 27.3 Å². The predicted octanol–water partition coefficient (Wildman–Crippen LogP) is 2.94. The highest BCUT2D eigenvalue weighted by Gasteiger charge is 2.10. The second-order valence-corrected chi connectivity index (χ2v) is 5.74. The number of aromatic nitrogens is 4. The molecule has 0 saturated heterocycles. The smallest absolute Gasteiger partial charge is 0.0963 e. The fourth-order valence-electron chi connectivity index (χ4n) is 1.39. The van der Waals surface area contributed by atoms with Gasteiger partial charge in [0.2, 0.25) is 0 Å². The number of hydrogen-bond acceptors (Lipinski definition) is 4. The topological polar surface area (TPSA) is 43.6 Å². The molecule has 2 heterocycles. The molecule has 86 valence electrons. The van der Waals surface area contributed by atoms with Crippen LogP contribution in [-0.2, 0) is 6.54 Å². The van der Waals surface area contributed by atoms with E-state index < -0.39 is 0 Å². The zero-order valence-corrected chi connectivity index (χ0v) is 11.6. The maximum atomic E-state index is 4.40. The molecule has 2 aromatic rings. The molecule has 0 radical (unpaired) electrons. The quantitative estimate of drug-likeness (QED) is 0.816. The Hall–Kier alpha value is -0.750. The molecule has 0 aliphatic carbocycles. The highest BCUT2D eigenvalue weighted by Crippen LogP contribution is 2.23. The lowest BCUT2D eigenvalue weighted by atomic mass is 10.3. The molecule has 0 bridgehead atoms. The van der Waals surface area contributed by atoms with Crippen LogP contribution in [0.3, 0.4) is 0 Å². The van der Waals surface area contributed by atoms with Gasteiger partial charge >= 0.3 is 0 Å². The van der Waals surface area contributed by atoms with Gasteiger partial charge in [0.15, 0.2) is 0 Å². The van der Waals surface area contributed by atoms with Crippen molar-refractivity contribution < 1.29 is 0 Å². The maximum Gasteiger partial charge on any atom is 0.0963 e. The molecule has 0 aliphatic rings. The molecule has 0 saturated carbocycles. The van der Waals surface area contributed by atoms with Crippen LogP contribution in [0.5, 0.6) is 0 Å². The van der Waals surface area contributed by atoms with Gasteiger partial charge in [-0.3, -0.25) is 0 Å². The highest BCUT2D eigenvalue weighted by molar-refractivity contribution is 9.09. The molecule has 6 heteroatoms. The van der Waals surface area contributed by atoms with E-state index in [-0.39, 0.29) is 0 Å². The molecule has 0 fully saturated rings. The van der Waals surface area contributed by atoms with Gasteiger partial charge in [0.05, 0.1) is 34.0 Å². The first kappa shape index (κ1) is 11.7. The Morgan fingerprint density at radius 2 is 2.38 bits per heavy atom. The summed E-state index contributed by atoms with van der Waals surface area (Å²) in [6, 6.07) is 0. The van der Waals surface area contributed by atoms with E-state index in [4.69, 9.17) is 0 Å². The van der Waals surface area contributed by atoms with Crippen LogP contribution in [0.1, 0.15) is 34.6 Å². The third-order valence-electron chi connectivity index (χ3n) is 2.23. The number of aryl methyl sites for hydroxylation is 1. The standard InChI is InChI=1S/C10H13BrN4S/c1-3-9(11)10-5-15(14-13-10)4-8-6-16-7(2)12-8/h5-6,9H,3-4H2,1-2H3. The van der Waals surface area contributed by atoms with Crippen molar-refractivity contribution in [2.45, 2.75) is 31.6 Å². The largest absolute Gasteiger partial charge is 0.246 e. The third-order valence-corrected chi connectivity index (χ3v) is 4.17. The van der Waals surface area contributed by atoms with Crippen LogP contribution in [0, 0.1) is 6.92 Å². The summed E-state index contributed by atoms with van der Waals surface area (Å²) in [5.74, 6) is 0. The van der Waals surface area contributed by atoms with E-state index in [9.17, 15) is 0 Å². The molecule has 0 aliphatic heterocycles. The zero-order chi connectivity index (χ0) is 11.5. The van der Waals surface area contributed by atoms with Crippen LogP contribution in [0.2, 0.25) is 0 Å². The van der Waals surface area contributed by atoms with E-state index in [1.54, 1.807) is 11.3 Å². The van der Waals surface area contributed by atoms with Gasteiger partial charge in [-0.15, -0.1) is 16.4 Å². The second-order valence-electron chi connectivity index (χ2n) is 3.57. The summed E-state index contributed by atoms with van der Waals surface area (Å²) in [6.07, 6.45) is 2.98. The van der Waals surface area contributed by atoms with Crippen molar-refractivity contribution in [3.8, 4) is 0 Å². The Morgan fingerprint density at radius 3 is 3.00 bits per heavy atom. The lowest BCUT2D eigenvalue weighted by Crippen LogP contribution is -2.00. The average molecular weight is 301 g/mol. The molecular formula is C10H13BrN4S. The van der Waals surface area contributed by atoms with E-state index >= 15 is 0 Å². The van der Waals surface area contributed by atoms with Crippen LogP contribution in [0.4, 0.5) is 0 Å². The van der Waals surface area contributed by atoms with Gasteiger partial charge in [0, 0.05) is 5.38 Å². The fraction of sp³-hybridized carbons (Fsp3) is 0.500. The first-order chi connectivity index (χ1) is 7.69. The monoisotopic (exact) mass is 300 g/mol. The third kappa shape index (κ3) is 2.68. The molecule has 1 atom stereocenters. The van der Waals surface area contributed by atoms with Crippen LogP contribution >= 0.6 is 27.3 Å². The van der Waals surface area contributed by atoms with Crippen LogP contribution in [-0.4, -0.2) is 20.0 Å². The summed E-state index contributed by atoms with van der Waals surface area (Å²) in [5.41, 5.74) is 2.02. The predicted molar refractivity (Wildman–Crippen MR) is 67.9 cm³/mol. The molecule has 1 unspecified atom stereocenters. The zero-order valence-electron chi connectivity index (χ0n) is 9.22. The minimum Gasteiger partial charge on any atom is -0.246 e. The van der Waals surface area contributed by atoms with E-state index in [0.717, 1.165) is 22.8 Å². The Balaban J connectivity index is 2.08. The van der Waals surface area contributed by atoms with Gasteiger partial charge in [-0.05, 0) is 13.3 Å². The molecule has 16 heavy (non-hydrogen) atoms. The van der Waals surface area contributed by atoms with Gasteiger partial charge in [-0.2, -0.15) is 0 Å². The van der Waals surface area contributed by atoms with E-state index in [0.29, 0.717) is 11.4 Å². The molecule has 0 aromatic carbocycles. The summed E-state index contributed by atoms with van der Waals surface area (Å²) >= 11 is 5.22. The molecule has 0 amide bonds. The number of halogens is 1. The van der Waals surface area contributed by atoms with Gasteiger partial charge in [-0.25, -0.2) is 9.67 Å². The summed E-state index contributed by atoms with van der Waals surface area (Å²) in [5, 5.41) is 11.4. The Kier molecular flexibility index (Phi) is 3.70. The molecule has 0 N–H and O–H groups in total. The van der Waals surface area contributed by atoms with Crippen molar-refractivity contribution in [1.29, 1.82) is 0 Å². The van der Waals surface area contributed by atoms with Crippen molar-refractivity contribution in [2.75, 3.05) is 0 Å². The van der Waals surface area contributed by atoms with Crippen LogP contribution in [0.15, 0.2) is 11.6 Å². The van der Waals surface area contributed by atoms with Crippen molar-refractivity contribution in [1.82, 2.24) is 20.0 Å². The number of thiazole rings is 1. The Bertz CT molecular complexity index is 465. The fourth-order valence-corrected chi connectivity index (χ4v) is 2.20. The van der Waals surface area contributed by atoms with Crippen molar-refractivity contribution in [3.05, 3.63) is 28.0 Å². The van der Waals surface area contributed by atoms with E-state index in [1.165, 1.54) is 0 Å². The van der Waals surface area contributed by atoms with E-state index in [2.05, 4.69) is 43.5 Å². The van der Waals surface area contributed by atoms with Gasteiger partial charge in [-0.1, -0.05) is 28.1 Å². The van der Waals surface area contributed by atoms with E-state index in [1.807, 2.05) is 17.8 Å². The van der Waals surface area contributed by atoms with Gasteiger partial charge in [0.25, 0.3) is 0 Å². The van der Waals surface area contributed by atoms with Crippen molar-refractivity contribution in [3.63, 3.8) is 0 Å². The number of alkyl halides is 1. The lowest BCUT2D eigenvalue weighted by Gasteiger charge is -1.99. The SMILES string of the molecule is CCC(Br)c1cn(Cc2csc(C)n2)nn1. The van der Waals surface area contributed by atoms with Gasteiger partial charge in [0.1, 0.15) is 0 Å². The maximum absolute atomic E-state index is 4.40. The number of hydrogen-bond donors (Lipinski definition) is 0. The molecule has 2 rings (SSSR count). The van der Waals surface area contributed by atoms with Crippen LogP contribution < -0.4 is 0 Å². The molecule has 0 spiro atoms. The summed E-state index contributed by atoms with van der Waals surface area (Å²) in [6.45, 7) is 4.82. The summed E-state index contributed by atoms with van der Waals surface area (Å²) < 4.78 is 1.83.